The molecule has 25 heavy (non-hydrogen) atoms. The molecule has 4 rings (SSSR count). The molecule has 2 heteroatoms. The zero-order valence-electron chi connectivity index (χ0n) is 16.2. The van der Waals surface area contributed by atoms with E-state index >= 15 is 0 Å². The second-order valence-corrected chi connectivity index (χ2v) is 9.52. The summed E-state index contributed by atoms with van der Waals surface area (Å²) in [7, 11) is 1.80. The minimum absolute atomic E-state index is 0.0618. The lowest BCUT2D eigenvalue weighted by Crippen LogP contribution is -2.54. The van der Waals surface area contributed by atoms with Gasteiger partial charge in [0.05, 0.1) is 18.5 Å². The molecule has 0 aromatic carbocycles. The molecule has 2 fully saturated rings. The summed E-state index contributed by atoms with van der Waals surface area (Å²) >= 11 is 0. The lowest BCUT2D eigenvalue weighted by Gasteiger charge is -2.58. The summed E-state index contributed by atoms with van der Waals surface area (Å²) in [6.45, 7) is 8.77. The number of allylic oxidation sites excluding steroid dienone is 4. The van der Waals surface area contributed by atoms with E-state index in [1.165, 1.54) is 31.3 Å². The van der Waals surface area contributed by atoms with E-state index in [0.717, 1.165) is 43.3 Å². The molecule has 0 saturated heterocycles. The van der Waals surface area contributed by atoms with Crippen LogP contribution in [0.5, 0.6) is 0 Å². The van der Waals surface area contributed by atoms with Crippen LogP contribution in [-0.4, -0.2) is 17.8 Å². The van der Waals surface area contributed by atoms with E-state index in [4.69, 9.17) is 4.74 Å². The lowest BCUT2D eigenvalue weighted by molar-refractivity contribution is -0.120. The van der Waals surface area contributed by atoms with Crippen LogP contribution in [0.2, 0.25) is 0 Å². The molecule has 2 nitrogen and oxygen atoms in total. The summed E-state index contributed by atoms with van der Waals surface area (Å²) in [5.74, 6) is 3.28. The first-order chi connectivity index (χ1) is 11.9. The van der Waals surface area contributed by atoms with Gasteiger partial charge in [0, 0.05) is 6.42 Å². The Balaban J connectivity index is 1.68. The highest BCUT2D eigenvalue weighted by Gasteiger charge is 2.62. The number of fused-ring (bicyclic) bond motifs is 5. The standard InChI is InChI=1S/C23H34O2/c1-5-11-23(24)14-10-20-18-7-6-16-15-17(25-4)8-12-21(16,2)19(18)9-13-22(20,23)3/h5-6,15,18-20,24H,1,7-14H2,2-4H3/t18-,19+,20+,21+,22+,23+/m1/s1. The van der Waals surface area contributed by atoms with Crippen molar-refractivity contribution >= 4 is 0 Å². The van der Waals surface area contributed by atoms with Gasteiger partial charge in [-0.1, -0.05) is 26.0 Å². The van der Waals surface area contributed by atoms with E-state index in [2.05, 4.69) is 32.6 Å². The van der Waals surface area contributed by atoms with Gasteiger partial charge in [0.15, 0.2) is 0 Å². The van der Waals surface area contributed by atoms with Crippen LogP contribution >= 0.6 is 0 Å². The molecule has 1 N–H and O–H groups in total. The largest absolute Gasteiger partial charge is 0.501 e. The quantitative estimate of drug-likeness (QED) is 0.696. The molecule has 0 heterocycles. The van der Waals surface area contributed by atoms with Gasteiger partial charge >= 0.3 is 0 Å². The maximum atomic E-state index is 11.4. The number of hydrogen-bond donors (Lipinski definition) is 1. The highest BCUT2D eigenvalue weighted by Crippen LogP contribution is 2.67. The van der Waals surface area contributed by atoms with Crippen LogP contribution in [0, 0.1) is 28.6 Å². The van der Waals surface area contributed by atoms with Gasteiger partial charge in [-0.25, -0.2) is 0 Å². The van der Waals surface area contributed by atoms with Crippen molar-refractivity contribution in [3.05, 3.63) is 36.1 Å². The van der Waals surface area contributed by atoms with Crippen molar-refractivity contribution in [2.75, 3.05) is 7.11 Å². The third-order valence-electron chi connectivity index (χ3n) is 8.80. The average molecular weight is 343 g/mol. The number of hydrogen-bond acceptors (Lipinski definition) is 2. The van der Waals surface area contributed by atoms with E-state index in [-0.39, 0.29) is 5.41 Å². The summed E-state index contributed by atoms with van der Waals surface area (Å²) in [6.07, 6.45) is 15.5. The van der Waals surface area contributed by atoms with Crippen molar-refractivity contribution in [1.82, 2.24) is 0 Å². The Labute approximate surface area is 153 Å². The zero-order valence-corrected chi connectivity index (χ0v) is 16.2. The van der Waals surface area contributed by atoms with Gasteiger partial charge in [-0.15, -0.1) is 6.58 Å². The molecular formula is C23H34O2. The number of ether oxygens (including phenoxy) is 1. The van der Waals surface area contributed by atoms with Crippen molar-refractivity contribution in [2.24, 2.45) is 28.6 Å². The first kappa shape index (κ1) is 17.4. The van der Waals surface area contributed by atoms with Gasteiger partial charge in [0.25, 0.3) is 0 Å². The second kappa shape index (κ2) is 5.74. The number of rotatable bonds is 3. The van der Waals surface area contributed by atoms with Gasteiger partial charge in [0.2, 0.25) is 0 Å². The van der Waals surface area contributed by atoms with E-state index in [0.29, 0.717) is 11.3 Å². The highest BCUT2D eigenvalue weighted by atomic mass is 16.5. The smallest absolute Gasteiger partial charge is 0.0958 e. The summed E-state index contributed by atoms with van der Waals surface area (Å²) in [5, 5.41) is 11.4. The predicted molar refractivity (Wildman–Crippen MR) is 102 cm³/mol. The molecule has 138 valence electrons. The molecule has 6 atom stereocenters. The maximum absolute atomic E-state index is 11.4. The molecule has 0 bridgehead atoms. The van der Waals surface area contributed by atoms with Crippen LogP contribution in [0.4, 0.5) is 0 Å². The monoisotopic (exact) mass is 342 g/mol. The average Bonchev–Trinajstić information content (AvgIpc) is 2.86. The minimum Gasteiger partial charge on any atom is -0.501 e. The van der Waals surface area contributed by atoms with Crippen molar-refractivity contribution in [3.8, 4) is 0 Å². The van der Waals surface area contributed by atoms with Crippen LogP contribution in [0.3, 0.4) is 0 Å². The maximum Gasteiger partial charge on any atom is 0.0958 e. The molecule has 0 unspecified atom stereocenters. The molecule has 0 aromatic rings. The summed E-state index contributed by atoms with van der Waals surface area (Å²) in [5.41, 5.74) is 1.34. The first-order valence-electron chi connectivity index (χ1n) is 10.2. The summed E-state index contributed by atoms with van der Waals surface area (Å²) < 4.78 is 5.54. The molecule has 0 aliphatic heterocycles. The van der Waals surface area contributed by atoms with Gasteiger partial charge in [0.1, 0.15) is 0 Å². The van der Waals surface area contributed by atoms with Crippen molar-refractivity contribution in [2.45, 2.75) is 70.8 Å². The Hall–Kier alpha value is -1.02. The van der Waals surface area contributed by atoms with Crippen molar-refractivity contribution in [1.29, 1.82) is 0 Å². The van der Waals surface area contributed by atoms with E-state index in [1.54, 1.807) is 7.11 Å². The molecular weight excluding hydrogens is 308 g/mol. The normalized spacial score (nSPS) is 48.6. The molecule has 4 aliphatic carbocycles. The second-order valence-electron chi connectivity index (χ2n) is 9.52. The van der Waals surface area contributed by atoms with Crippen LogP contribution in [0.15, 0.2) is 36.1 Å². The van der Waals surface area contributed by atoms with Crippen molar-refractivity contribution in [3.63, 3.8) is 0 Å². The summed E-state index contributed by atoms with van der Waals surface area (Å²) in [6, 6.07) is 0. The molecule has 2 saturated carbocycles. The molecule has 0 amide bonds. The van der Waals surface area contributed by atoms with Gasteiger partial charge in [-0.3, -0.25) is 0 Å². The molecule has 0 aromatic heterocycles. The fraction of sp³-hybridized carbons (Fsp3) is 0.739. The van der Waals surface area contributed by atoms with E-state index < -0.39 is 5.60 Å². The number of aliphatic hydroxyl groups is 1. The first-order valence-corrected chi connectivity index (χ1v) is 10.2. The Morgan fingerprint density at radius 1 is 1.24 bits per heavy atom. The predicted octanol–water partition coefficient (Wildman–Crippen LogP) is 5.40. The van der Waals surface area contributed by atoms with Crippen LogP contribution in [0.25, 0.3) is 0 Å². The van der Waals surface area contributed by atoms with E-state index in [1.807, 2.05) is 6.08 Å². The summed E-state index contributed by atoms with van der Waals surface area (Å²) in [4.78, 5) is 0. The van der Waals surface area contributed by atoms with Crippen LogP contribution in [0.1, 0.15) is 65.2 Å². The molecule has 0 radical (unpaired) electrons. The van der Waals surface area contributed by atoms with Crippen LogP contribution in [-0.2, 0) is 4.74 Å². The van der Waals surface area contributed by atoms with Crippen molar-refractivity contribution < 1.29 is 9.84 Å². The highest BCUT2D eigenvalue weighted by molar-refractivity contribution is 5.36. The lowest BCUT2D eigenvalue weighted by atomic mass is 9.47. The molecule has 4 aliphatic rings. The minimum atomic E-state index is -0.537. The SMILES string of the molecule is C=CC[C@]1(O)CC[C@H]2[C@@H]3CC=C4C=C(OC)CC[C@]4(C)[C@H]3CC[C@@]21C. The Kier molecular flexibility index (Phi) is 3.99. The van der Waals surface area contributed by atoms with Gasteiger partial charge in [-0.05, 0) is 85.2 Å². The van der Waals surface area contributed by atoms with Crippen LogP contribution < -0.4 is 0 Å². The fourth-order valence-electron chi connectivity index (χ4n) is 7.14. The van der Waals surface area contributed by atoms with E-state index in [9.17, 15) is 5.11 Å². The Morgan fingerprint density at radius 3 is 2.72 bits per heavy atom. The molecule has 0 spiro atoms. The Bertz CT molecular complexity index is 632. The Morgan fingerprint density at radius 2 is 2.00 bits per heavy atom. The third kappa shape index (κ3) is 2.25. The fourth-order valence-corrected chi connectivity index (χ4v) is 7.14. The van der Waals surface area contributed by atoms with Gasteiger partial charge in [-0.2, -0.15) is 0 Å². The zero-order chi connectivity index (χ0) is 17.9. The number of methoxy groups -OCH3 is 1. The third-order valence-corrected chi connectivity index (χ3v) is 8.80. The van der Waals surface area contributed by atoms with Gasteiger partial charge < -0.3 is 9.84 Å². The topological polar surface area (TPSA) is 29.5 Å².